The van der Waals surface area contributed by atoms with E-state index in [1.165, 1.54) is 12.1 Å². The Hall–Kier alpha value is -1.78. The average molecular weight is 353 g/mol. The molecule has 2 aromatic carbocycles. The molecule has 0 spiro atoms. The lowest BCUT2D eigenvalue weighted by atomic mass is 10.1. The van der Waals surface area contributed by atoms with Crippen LogP contribution in [0.4, 0.5) is 10.1 Å². The Morgan fingerprint density at radius 3 is 2.39 bits per heavy atom. The average Bonchev–Trinajstić information content (AvgIpc) is 2.57. The van der Waals surface area contributed by atoms with Crippen molar-refractivity contribution in [3.8, 4) is 0 Å². The number of hydrogen-bond acceptors (Lipinski definition) is 2. The fourth-order valence-electron chi connectivity index (χ4n) is 2.68. The number of rotatable bonds is 2. The van der Waals surface area contributed by atoms with E-state index in [2.05, 4.69) is 4.90 Å². The molecule has 1 fully saturated rings. The molecule has 3 rings (SSSR count). The second-order valence-corrected chi connectivity index (χ2v) is 6.20. The van der Waals surface area contributed by atoms with E-state index in [1.807, 2.05) is 6.07 Å². The van der Waals surface area contributed by atoms with Crippen LogP contribution in [0.3, 0.4) is 0 Å². The number of benzene rings is 2. The Labute approximate surface area is 144 Å². The molecule has 23 heavy (non-hydrogen) atoms. The van der Waals surface area contributed by atoms with Gasteiger partial charge < -0.3 is 9.80 Å². The Morgan fingerprint density at radius 2 is 1.70 bits per heavy atom. The van der Waals surface area contributed by atoms with Crippen molar-refractivity contribution < 1.29 is 9.18 Å². The molecule has 0 atom stereocenters. The van der Waals surface area contributed by atoms with Crippen LogP contribution in [0, 0.1) is 5.82 Å². The van der Waals surface area contributed by atoms with Gasteiger partial charge in [-0.1, -0.05) is 35.3 Å². The van der Waals surface area contributed by atoms with Gasteiger partial charge in [0, 0.05) is 31.2 Å². The second-order valence-electron chi connectivity index (χ2n) is 5.35. The molecule has 1 saturated heterocycles. The topological polar surface area (TPSA) is 23.6 Å². The molecule has 0 aliphatic carbocycles. The lowest BCUT2D eigenvalue weighted by Crippen LogP contribution is -2.49. The monoisotopic (exact) mass is 352 g/mol. The molecular formula is C17H15Cl2FN2O. The first-order valence-corrected chi connectivity index (χ1v) is 8.05. The van der Waals surface area contributed by atoms with Gasteiger partial charge in [0.25, 0.3) is 5.91 Å². The third-order valence-electron chi connectivity index (χ3n) is 3.92. The number of halogens is 3. The van der Waals surface area contributed by atoms with E-state index in [9.17, 15) is 9.18 Å². The normalized spacial score (nSPS) is 14.9. The number of anilines is 1. The summed E-state index contributed by atoms with van der Waals surface area (Å²) in [5.41, 5.74) is 0.971. The smallest absolute Gasteiger partial charge is 0.256 e. The molecular weight excluding hydrogens is 338 g/mol. The molecule has 0 radical (unpaired) electrons. The summed E-state index contributed by atoms with van der Waals surface area (Å²) in [4.78, 5) is 16.1. The zero-order valence-electron chi connectivity index (χ0n) is 12.3. The van der Waals surface area contributed by atoms with E-state index in [0.29, 0.717) is 36.2 Å². The van der Waals surface area contributed by atoms with Gasteiger partial charge in [0.1, 0.15) is 5.82 Å². The maximum Gasteiger partial charge on any atom is 0.256 e. The molecule has 0 N–H and O–H groups in total. The summed E-state index contributed by atoms with van der Waals surface area (Å²) in [5.74, 6) is -0.766. The van der Waals surface area contributed by atoms with Crippen LogP contribution in [0.5, 0.6) is 0 Å². The van der Waals surface area contributed by atoms with Crippen molar-refractivity contribution in [3.63, 3.8) is 0 Å². The number of carbonyl (C=O) groups is 1. The molecule has 0 saturated carbocycles. The van der Waals surface area contributed by atoms with Crippen molar-refractivity contribution in [2.75, 3.05) is 31.1 Å². The maximum absolute atomic E-state index is 13.7. The predicted molar refractivity (Wildman–Crippen MR) is 91.0 cm³/mol. The summed E-state index contributed by atoms with van der Waals surface area (Å²) in [6, 6.07) is 11.4. The van der Waals surface area contributed by atoms with Gasteiger partial charge in [-0.05, 0) is 30.3 Å². The molecule has 3 nitrogen and oxygen atoms in total. The van der Waals surface area contributed by atoms with Crippen molar-refractivity contribution in [1.29, 1.82) is 0 Å². The summed E-state index contributed by atoms with van der Waals surface area (Å²) in [5, 5.41) is 1.25. The van der Waals surface area contributed by atoms with Crippen molar-refractivity contribution in [2.24, 2.45) is 0 Å². The van der Waals surface area contributed by atoms with Crippen LogP contribution in [0.25, 0.3) is 0 Å². The number of amides is 1. The van der Waals surface area contributed by atoms with Crippen LogP contribution < -0.4 is 4.90 Å². The highest BCUT2D eigenvalue weighted by molar-refractivity contribution is 6.35. The summed E-state index contributed by atoms with van der Waals surface area (Å²) in [7, 11) is 0. The molecule has 6 heteroatoms. The highest BCUT2D eigenvalue weighted by Gasteiger charge is 2.24. The third kappa shape index (κ3) is 3.43. The number of piperazine rings is 1. The molecule has 1 aliphatic rings. The minimum Gasteiger partial charge on any atom is -0.367 e. The van der Waals surface area contributed by atoms with Crippen molar-refractivity contribution in [3.05, 3.63) is 63.9 Å². The fourth-order valence-corrected chi connectivity index (χ4v) is 3.09. The Balaban J connectivity index is 1.70. The minimum absolute atomic E-state index is 0.113. The van der Waals surface area contributed by atoms with Gasteiger partial charge >= 0.3 is 0 Å². The van der Waals surface area contributed by atoms with E-state index in [-0.39, 0.29) is 11.5 Å². The second kappa shape index (κ2) is 6.77. The lowest BCUT2D eigenvalue weighted by Gasteiger charge is -2.36. The Bertz CT molecular complexity index is 730. The maximum atomic E-state index is 13.7. The van der Waals surface area contributed by atoms with Gasteiger partial charge in [0.15, 0.2) is 0 Å². The summed E-state index contributed by atoms with van der Waals surface area (Å²) < 4.78 is 13.7. The standard InChI is InChI=1S/C17H15Cl2FN2O/c18-12-5-6-14(19)16(11-12)21-7-9-22(10-8-21)17(23)13-3-1-2-4-15(13)20/h1-6,11H,7-10H2. The summed E-state index contributed by atoms with van der Waals surface area (Å²) >= 11 is 12.2. The summed E-state index contributed by atoms with van der Waals surface area (Å²) in [6.45, 7) is 2.27. The molecule has 120 valence electrons. The van der Waals surface area contributed by atoms with E-state index >= 15 is 0 Å². The Morgan fingerprint density at radius 1 is 1.00 bits per heavy atom. The van der Waals surface area contributed by atoms with E-state index < -0.39 is 5.82 Å². The van der Waals surface area contributed by atoms with Crippen LogP contribution in [-0.2, 0) is 0 Å². The van der Waals surface area contributed by atoms with Gasteiger partial charge in [-0.3, -0.25) is 4.79 Å². The minimum atomic E-state index is -0.488. The molecule has 2 aromatic rings. The summed E-state index contributed by atoms with van der Waals surface area (Å²) in [6.07, 6.45) is 0. The predicted octanol–water partition coefficient (Wildman–Crippen LogP) is 4.09. The zero-order chi connectivity index (χ0) is 16.4. The zero-order valence-corrected chi connectivity index (χ0v) is 13.8. The van der Waals surface area contributed by atoms with Crippen molar-refractivity contribution >= 4 is 34.8 Å². The van der Waals surface area contributed by atoms with Crippen LogP contribution >= 0.6 is 23.2 Å². The van der Waals surface area contributed by atoms with E-state index in [4.69, 9.17) is 23.2 Å². The number of nitrogens with zero attached hydrogens (tertiary/aromatic N) is 2. The molecule has 1 heterocycles. The van der Waals surface area contributed by atoms with Crippen LogP contribution in [0.1, 0.15) is 10.4 Å². The highest BCUT2D eigenvalue weighted by Crippen LogP contribution is 2.29. The third-order valence-corrected chi connectivity index (χ3v) is 4.47. The van der Waals surface area contributed by atoms with E-state index in [0.717, 1.165) is 5.69 Å². The molecule has 0 unspecified atom stereocenters. The van der Waals surface area contributed by atoms with Gasteiger partial charge in [-0.25, -0.2) is 4.39 Å². The van der Waals surface area contributed by atoms with Gasteiger partial charge in [0.05, 0.1) is 16.3 Å². The number of carbonyl (C=O) groups excluding carboxylic acids is 1. The molecule has 1 amide bonds. The molecule has 0 bridgehead atoms. The number of hydrogen-bond donors (Lipinski definition) is 0. The largest absolute Gasteiger partial charge is 0.367 e. The van der Waals surface area contributed by atoms with Crippen molar-refractivity contribution in [2.45, 2.75) is 0 Å². The first kappa shape index (κ1) is 16.1. The highest BCUT2D eigenvalue weighted by atomic mass is 35.5. The van der Waals surface area contributed by atoms with Crippen molar-refractivity contribution in [1.82, 2.24) is 4.90 Å². The molecule has 1 aliphatic heterocycles. The van der Waals surface area contributed by atoms with Gasteiger partial charge in [0.2, 0.25) is 0 Å². The first-order valence-electron chi connectivity index (χ1n) is 7.30. The molecule has 0 aromatic heterocycles. The van der Waals surface area contributed by atoms with E-state index in [1.54, 1.807) is 29.2 Å². The quantitative estimate of drug-likeness (QED) is 0.812. The Kier molecular flexibility index (Phi) is 4.74. The van der Waals surface area contributed by atoms with Gasteiger partial charge in [-0.2, -0.15) is 0 Å². The van der Waals surface area contributed by atoms with Crippen LogP contribution in [0.2, 0.25) is 10.0 Å². The first-order chi connectivity index (χ1) is 11.1. The van der Waals surface area contributed by atoms with Crippen LogP contribution in [0.15, 0.2) is 42.5 Å². The lowest BCUT2D eigenvalue weighted by molar-refractivity contribution is 0.0742. The fraction of sp³-hybridized carbons (Fsp3) is 0.235. The SMILES string of the molecule is O=C(c1ccccc1F)N1CCN(c2cc(Cl)ccc2Cl)CC1. The van der Waals surface area contributed by atoms with Crippen LogP contribution in [-0.4, -0.2) is 37.0 Å². The van der Waals surface area contributed by atoms with Gasteiger partial charge in [-0.15, -0.1) is 0 Å².